The molecule has 3 nitrogen and oxygen atoms in total. The predicted octanol–water partition coefficient (Wildman–Crippen LogP) is -3.40. The molecule has 0 aromatic rings. The van der Waals surface area contributed by atoms with Gasteiger partial charge >= 0.3 is 51.4 Å². The number of rotatable bonds is 2. The molecule has 44 valence electrons. The molecule has 0 heterocycles. The average molecular weight is 162 g/mol. The minimum Gasteiger partial charge on any atom is -0.770 e. The Bertz CT molecular complexity index is 76.9. The van der Waals surface area contributed by atoms with E-state index in [-0.39, 0.29) is 57.8 Å². The summed E-state index contributed by atoms with van der Waals surface area (Å²) in [5.41, 5.74) is -1.18. The monoisotopic (exact) mass is 162 g/mol. The first kappa shape index (κ1) is 12.4. The van der Waals surface area contributed by atoms with Crippen molar-refractivity contribution in [3.05, 3.63) is 0 Å². The van der Waals surface area contributed by atoms with Crippen molar-refractivity contribution in [1.29, 1.82) is 0 Å². The van der Waals surface area contributed by atoms with Crippen molar-refractivity contribution >= 4 is 11.1 Å². The molecule has 0 amide bonds. The summed E-state index contributed by atoms with van der Waals surface area (Å²) in [7, 11) is 0. The molecule has 0 saturated heterocycles. The van der Waals surface area contributed by atoms with Crippen LogP contribution in [-0.2, 0) is 11.1 Å². The summed E-state index contributed by atoms with van der Waals surface area (Å²) in [5.74, 6) is 0. The van der Waals surface area contributed by atoms with Crippen molar-refractivity contribution in [2.45, 2.75) is 18.8 Å². The summed E-state index contributed by atoms with van der Waals surface area (Å²) >= 11 is -2.30. The molecule has 0 bridgehead atoms. The molecule has 0 aromatic carbocycles. The van der Waals surface area contributed by atoms with Gasteiger partial charge in [-0.15, -0.1) is 0 Å². The second kappa shape index (κ2) is 6.82. The fraction of sp³-hybridized carbons (Fsp3) is 1.00. The average Bonchev–Trinajstić information content (AvgIpc) is 1.65. The first-order valence-electron chi connectivity index (χ1n) is 1.94. The van der Waals surface area contributed by atoms with E-state index in [0.29, 0.717) is 0 Å². The number of hydrogen-bond acceptors (Lipinski definition) is 3. The van der Waals surface area contributed by atoms with Crippen LogP contribution in [-0.4, -0.2) is 19.3 Å². The van der Waals surface area contributed by atoms with Gasteiger partial charge < -0.3 is 9.66 Å². The van der Waals surface area contributed by atoms with E-state index in [0.717, 1.165) is 0 Å². The smallest absolute Gasteiger partial charge is 0.770 e. The fourth-order valence-corrected chi connectivity index (χ4v) is 0.408. The van der Waals surface area contributed by atoms with Gasteiger partial charge in [-0.05, 0) is 17.5 Å². The van der Waals surface area contributed by atoms with Gasteiger partial charge in [0.25, 0.3) is 0 Å². The van der Waals surface area contributed by atoms with Crippen LogP contribution in [0.5, 0.6) is 0 Å². The van der Waals surface area contributed by atoms with Gasteiger partial charge in [0.2, 0.25) is 0 Å². The first-order valence-corrected chi connectivity index (χ1v) is 3.08. The van der Waals surface area contributed by atoms with E-state index in [1.807, 2.05) is 0 Å². The largest absolute Gasteiger partial charge is 1.00 e. The van der Waals surface area contributed by atoms with Gasteiger partial charge in [0.1, 0.15) is 5.44 Å². The molecule has 0 aliphatic heterocycles. The Kier molecular flexibility index (Phi) is 10.6. The van der Waals surface area contributed by atoms with E-state index in [4.69, 9.17) is 5.11 Å². The maximum Gasteiger partial charge on any atom is 1.00 e. The van der Waals surface area contributed by atoms with Crippen molar-refractivity contribution in [1.82, 2.24) is 0 Å². The third-order valence-electron chi connectivity index (χ3n) is 0.571. The normalized spacial score (nSPS) is 16.4. The molecule has 8 heavy (non-hydrogen) atoms. The van der Waals surface area contributed by atoms with Gasteiger partial charge in [-0.3, -0.25) is 4.21 Å². The van der Waals surface area contributed by atoms with E-state index in [2.05, 4.69) is 0 Å². The van der Waals surface area contributed by atoms with Gasteiger partial charge in [0.15, 0.2) is 0 Å². The molecule has 0 spiro atoms. The molecule has 2 atom stereocenters. The summed E-state index contributed by atoms with van der Waals surface area (Å²) in [5, 5.41) is 8.32. The molecule has 0 aliphatic carbocycles. The molecule has 0 aliphatic rings. The second-order valence-corrected chi connectivity index (χ2v) is 2.19. The summed E-state index contributed by atoms with van der Waals surface area (Å²) in [6.07, 6.45) is 0.260. The van der Waals surface area contributed by atoms with Gasteiger partial charge in [-0.25, -0.2) is 0 Å². The van der Waals surface area contributed by atoms with Crippen molar-refractivity contribution in [3.63, 3.8) is 0 Å². The summed E-state index contributed by atoms with van der Waals surface area (Å²) in [6, 6.07) is 0. The Balaban J connectivity index is 0. The Hall–Kier alpha value is 1.71. The summed E-state index contributed by atoms with van der Waals surface area (Å²) < 4.78 is 19.4. The van der Waals surface area contributed by atoms with Crippen LogP contribution in [0.4, 0.5) is 0 Å². The van der Waals surface area contributed by atoms with Crippen LogP contribution in [0.15, 0.2) is 0 Å². The second-order valence-electron chi connectivity index (χ2n) is 1.12. The zero-order valence-electron chi connectivity index (χ0n) is 4.96. The van der Waals surface area contributed by atoms with Gasteiger partial charge in [0, 0.05) is 0 Å². The van der Waals surface area contributed by atoms with Crippen LogP contribution in [0.25, 0.3) is 0 Å². The molecule has 1 N–H and O–H groups in total. The number of aliphatic hydroxyl groups excluding tert-OH is 1. The molecule has 0 saturated carbocycles. The molecule has 0 rings (SSSR count). The number of hydrogen-bond donors (Lipinski definition) is 1. The van der Waals surface area contributed by atoms with Gasteiger partial charge in [0.05, 0.1) is 0 Å². The summed E-state index contributed by atoms with van der Waals surface area (Å²) in [4.78, 5) is 0. The zero-order chi connectivity index (χ0) is 5.86. The van der Waals surface area contributed by atoms with E-state index in [1.54, 1.807) is 6.92 Å². The quantitative estimate of drug-likeness (QED) is 0.340. The molecule has 0 radical (unpaired) electrons. The predicted molar refractivity (Wildman–Crippen MR) is 25.2 cm³/mol. The maximum atomic E-state index is 9.68. The van der Waals surface area contributed by atoms with Crippen LogP contribution in [0, 0.1) is 0 Å². The Morgan fingerprint density at radius 1 is 1.88 bits per heavy atom. The van der Waals surface area contributed by atoms with E-state index in [9.17, 15) is 8.76 Å². The van der Waals surface area contributed by atoms with Gasteiger partial charge in [-0.1, -0.05) is 6.92 Å². The van der Waals surface area contributed by atoms with Crippen molar-refractivity contribution in [2.24, 2.45) is 0 Å². The van der Waals surface area contributed by atoms with Crippen LogP contribution >= 0.6 is 0 Å². The third kappa shape index (κ3) is 5.84. The SMILES string of the molecule is CCC(O)S(=O)[O-].[K+]. The molecular formula is C3H7KO3S. The maximum absolute atomic E-state index is 9.68. The minimum absolute atomic E-state index is 0. The van der Waals surface area contributed by atoms with Crippen molar-refractivity contribution < 1.29 is 65.3 Å². The Morgan fingerprint density at radius 2 is 2.25 bits per heavy atom. The van der Waals surface area contributed by atoms with Crippen LogP contribution in [0.1, 0.15) is 13.3 Å². The topological polar surface area (TPSA) is 60.4 Å². The van der Waals surface area contributed by atoms with Gasteiger partial charge in [-0.2, -0.15) is 0 Å². The standard InChI is InChI=1S/C3H8O3S.K/c1-2-3(4)7(5)6;/h3-4H,2H2,1H3,(H,5,6);/q;+1/p-1. The van der Waals surface area contributed by atoms with Crippen LogP contribution in [0.3, 0.4) is 0 Å². The van der Waals surface area contributed by atoms with Crippen molar-refractivity contribution in [3.8, 4) is 0 Å². The summed E-state index contributed by atoms with van der Waals surface area (Å²) in [6.45, 7) is 1.60. The van der Waals surface area contributed by atoms with Crippen molar-refractivity contribution in [2.75, 3.05) is 0 Å². The molecular weight excluding hydrogens is 155 g/mol. The third-order valence-corrected chi connectivity index (χ3v) is 1.35. The Labute approximate surface area is 93.6 Å². The number of aliphatic hydroxyl groups is 1. The van der Waals surface area contributed by atoms with E-state index in [1.165, 1.54) is 0 Å². The molecule has 0 aromatic heterocycles. The van der Waals surface area contributed by atoms with Crippen LogP contribution < -0.4 is 51.4 Å². The van der Waals surface area contributed by atoms with E-state index < -0.39 is 16.5 Å². The molecule has 5 heteroatoms. The van der Waals surface area contributed by atoms with E-state index >= 15 is 0 Å². The zero-order valence-corrected chi connectivity index (χ0v) is 8.90. The van der Waals surface area contributed by atoms with Crippen LogP contribution in [0.2, 0.25) is 0 Å². The fourth-order valence-electron chi connectivity index (χ4n) is 0.136. The molecule has 2 unspecified atom stereocenters. The minimum atomic E-state index is -2.30. The Morgan fingerprint density at radius 3 is 2.25 bits per heavy atom. The first-order chi connectivity index (χ1) is 3.18. The molecule has 0 fully saturated rings.